The largest absolute Gasteiger partial charge is 0.459 e. The number of hydrogen-bond donors (Lipinski definition) is 0. The molecule has 1 rings (SSSR count). The third kappa shape index (κ3) is 1.44. The van der Waals surface area contributed by atoms with Crippen molar-refractivity contribution < 1.29 is 14.3 Å². The van der Waals surface area contributed by atoms with Crippen LogP contribution in [-0.2, 0) is 14.3 Å². The van der Waals surface area contributed by atoms with E-state index in [2.05, 4.69) is 0 Å². The molecule has 0 saturated carbocycles. The van der Waals surface area contributed by atoms with E-state index in [1.807, 2.05) is 20.8 Å². The zero-order valence-electron chi connectivity index (χ0n) is 7.88. The fraction of sp³-hybridized carbons (Fsp3) is 0.667. The molecule has 1 aliphatic heterocycles. The summed E-state index contributed by atoms with van der Waals surface area (Å²) in [4.78, 5) is 10.9. The van der Waals surface area contributed by atoms with E-state index in [1.165, 1.54) is 12.3 Å². The highest BCUT2D eigenvalue weighted by Crippen LogP contribution is 2.36. The molecule has 0 spiro atoms. The number of esters is 1. The van der Waals surface area contributed by atoms with Gasteiger partial charge in [0.1, 0.15) is 0 Å². The predicted molar refractivity (Wildman–Crippen MR) is 44.2 cm³/mol. The highest BCUT2D eigenvalue weighted by molar-refractivity contribution is 5.82. The van der Waals surface area contributed by atoms with Crippen LogP contribution in [0.5, 0.6) is 0 Å². The number of cyclic esters (lactones) is 1. The van der Waals surface area contributed by atoms with E-state index in [0.29, 0.717) is 0 Å². The molecule has 0 saturated heterocycles. The lowest BCUT2D eigenvalue weighted by Gasteiger charge is -2.40. The average Bonchev–Trinajstić information content (AvgIpc) is 1.83. The second-order valence-corrected chi connectivity index (χ2v) is 4.04. The average molecular weight is 170 g/mol. The third-order valence-corrected chi connectivity index (χ3v) is 2.15. The molecule has 12 heavy (non-hydrogen) atoms. The Kier molecular flexibility index (Phi) is 1.90. The van der Waals surface area contributed by atoms with Gasteiger partial charge in [0, 0.05) is 12.3 Å². The summed E-state index contributed by atoms with van der Waals surface area (Å²) in [5, 5.41) is 0. The predicted octanol–water partition coefficient (Wildman–Crippen LogP) is 1.84. The first-order chi connectivity index (χ1) is 5.35. The van der Waals surface area contributed by atoms with Gasteiger partial charge in [0.05, 0.1) is 12.3 Å². The number of hydrogen-bond acceptors (Lipinski definition) is 3. The highest BCUT2D eigenvalue weighted by atomic mass is 16.7. The zero-order valence-corrected chi connectivity index (χ0v) is 7.88. The molecule has 1 atom stereocenters. The summed E-state index contributed by atoms with van der Waals surface area (Å²) in [6, 6.07) is 0. The van der Waals surface area contributed by atoms with Crippen LogP contribution >= 0.6 is 0 Å². The minimum absolute atomic E-state index is 0.229. The lowest BCUT2D eigenvalue weighted by atomic mass is 9.86. The van der Waals surface area contributed by atoms with Crippen LogP contribution in [0.1, 0.15) is 27.7 Å². The molecule has 3 nitrogen and oxygen atoms in total. The SMILES string of the molecule is CC(C)(C)C1(C)OC=CC(=O)O1. The van der Waals surface area contributed by atoms with Gasteiger partial charge in [0.2, 0.25) is 0 Å². The van der Waals surface area contributed by atoms with Crippen LogP contribution in [0.4, 0.5) is 0 Å². The van der Waals surface area contributed by atoms with Gasteiger partial charge in [-0.25, -0.2) is 4.79 Å². The Hall–Kier alpha value is -0.990. The van der Waals surface area contributed by atoms with E-state index in [1.54, 1.807) is 6.92 Å². The molecule has 0 aliphatic carbocycles. The molecule has 0 bridgehead atoms. The van der Waals surface area contributed by atoms with Gasteiger partial charge >= 0.3 is 5.97 Å². The van der Waals surface area contributed by atoms with Crippen LogP contribution in [0.3, 0.4) is 0 Å². The van der Waals surface area contributed by atoms with E-state index in [9.17, 15) is 4.79 Å². The molecule has 0 N–H and O–H groups in total. The van der Waals surface area contributed by atoms with Gasteiger partial charge < -0.3 is 9.47 Å². The summed E-state index contributed by atoms with van der Waals surface area (Å²) in [6.45, 7) is 7.63. The van der Waals surface area contributed by atoms with Crippen molar-refractivity contribution in [2.45, 2.75) is 33.5 Å². The van der Waals surface area contributed by atoms with Crippen LogP contribution < -0.4 is 0 Å². The maximum absolute atomic E-state index is 10.9. The van der Waals surface area contributed by atoms with E-state index in [4.69, 9.17) is 9.47 Å². The van der Waals surface area contributed by atoms with Crippen molar-refractivity contribution in [3.63, 3.8) is 0 Å². The van der Waals surface area contributed by atoms with Crippen molar-refractivity contribution in [3.8, 4) is 0 Å². The first-order valence-electron chi connectivity index (χ1n) is 3.92. The third-order valence-electron chi connectivity index (χ3n) is 2.15. The van der Waals surface area contributed by atoms with Gasteiger partial charge in [0.25, 0.3) is 5.79 Å². The van der Waals surface area contributed by atoms with Crippen molar-refractivity contribution in [3.05, 3.63) is 12.3 Å². The zero-order chi connectivity index (χ0) is 9.41. The van der Waals surface area contributed by atoms with E-state index in [0.717, 1.165) is 0 Å². The Labute approximate surface area is 72.4 Å². The Morgan fingerprint density at radius 3 is 2.33 bits per heavy atom. The van der Waals surface area contributed by atoms with E-state index >= 15 is 0 Å². The van der Waals surface area contributed by atoms with Gasteiger partial charge in [-0.1, -0.05) is 20.8 Å². The van der Waals surface area contributed by atoms with Crippen molar-refractivity contribution in [2.24, 2.45) is 5.41 Å². The Morgan fingerprint density at radius 2 is 2.00 bits per heavy atom. The molecule has 3 heteroatoms. The van der Waals surface area contributed by atoms with E-state index in [-0.39, 0.29) is 11.4 Å². The first kappa shape index (κ1) is 9.10. The van der Waals surface area contributed by atoms with Crippen LogP contribution in [0.15, 0.2) is 12.3 Å². The summed E-state index contributed by atoms with van der Waals surface area (Å²) < 4.78 is 10.4. The van der Waals surface area contributed by atoms with Crippen molar-refractivity contribution in [1.29, 1.82) is 0 Å². The fourth-order valence-corrected chi connectivity index (χ4v) is 0.799. The number of carbonyl (C=O) groups excluding carboxylic acids is 1. The molecule has 0 fully saturated rings. The van der Waals surface area contributed by atoms with Gasteiger partial charge in [-0.15, -0.1) is 0 Å². The number of carbonyl (C=O) groups is 1. The van der Waals surface area contributed by atoms with Crippen molar-refractivity contribution in [1.82, 2.24) is 0 Å². The lowest BCUT2D eigenvalue weighted by Crippen LogP contribution is -2.46. The summed E-state index contributed by atoms with van der Waals surface area (Å²) >= 11 is 0. The minimum Gasteiger partial charge on any atom is -0.459 e. The van der Waals surface area contributed by atoms with Crippen LogP contribution in [0.2, 0.25) is 0 Å². The molecule has 1 heterocycles. The van der Waals surface area contributed by atoms with Gasteiger partial charge in [0.15, 0.2) is 0 Å². The van der Waals surface area contributed by atoms with E-state index < -0.39 is 5.79 Å². The quantitative estimate of drug-likeness (QED) is 0.520. The first-order valence-corrected chi connectivity index (χ1v) is 3.92. The summed E-state index contributed by atoms with van der Waals surface area (Å²) in [6.07, 6.45) is 2.66. The monoisotopic (exact) mass is 170 g/mol. The highest BCUT2D eigenvalue weighted by Gasteiger charge is 2.44. The van der Waals surface area contributed by atoms with Gasteiger partial charge in [-0.05, 0) is 0 Å². The maximum atomic E-state index is 10.9. The minimum atomic E-state index is -0.848. The molecule has 68 valence electrons. The number of rotatable bonds is 0. The Balaban J connectivity index is 2.87. The molecular weight excluding hydrogens is 156 g/mol. The maximum Gasteiger partial charge on any atom is 0.337 e. The van der Waals surface area contributed by atoms with Crippen molar-refractivity contribution >= 4 is 5.97 Å². The fourth-order valence-electron chi connectivity index (χ4n) is 0.799. The molecule has 0 amide bonds. The molecule has 1 unspecified atom stereocenters. The molecule has 1 aliphatic rings. The lowest BCUT2D eigenvalue weighted by molar-refractivity contribution is -0.246. The van der Waals surface area contributed by atoms with Crippen LogP contribution in [0, 0.1) is 5.41 Å². The Morgan fingerprint density at radius 1 is 1.42 bits per heavy atom. The van der Waals surface area contributed by atoms with Crippen LogP contribution in [-0.4, -0.2) is 11.8 Å². The Bertz CT molecular complexity index is 224. The molecule has 0 aromatic heterocycles. The van der Waals surface area contributed by atoms with Crippen molar-refractivity contribution in [2.75, 3.05) is 0 Å². The summed E-state index contributed by atoms with van der Waals surface area (Å²) in [5.74, 6) is -1.20. The standard InChI is InChI=1S/C9H14O3/c1-8(2,3)9(4)11-6-5-7(10)12-9/h5-6H,1-4H3. The topological polar surface area (TPSA) is 35.5 Å². The molecule has 0 aromatic carbocycles. The van der Waals surface area contributed by atoms with Gasteiger partial charge in [-0.2, -0.15) is 0 Å². The number of ether oxygens (including phenoxy) is 2. The van der Waals surface area contributed by atoms with Gasteiger partial charge in [-0.3, -0.25) is 0 Å². The second kappa shape index (κ2) is 2.51. The summed E-state index contributed by atoms with van der Waals surface area (Å²) in [5.41, 5.74) is -0.229. The normalized spacial score (nSPS) is 29.5. The second-order valence-electron chi connectivity index (χ2n) is 4.04. The molecule has 0 radical (unpaired) electrons. The smallest absolute Gasteiger partial charge is 0.337 e. The molecular formula is C9H14O3. The van der Waals surface area contributed by atoms with Crippen LogP contribution in [0.25, 0.3) is 0 Å². The summed E-state index contributed by atoms with van der Waals surface area (Å²) in [7, 11) is 0. The molecule has 0 aromatic rings.